The van der Waals surface area contributed by atoms with E-state index < -0.39 is 32.7 Å². The largest absolute Gasteiger partial charge is 0.496 e. The van der Waals surface area contributed by atoms with E-state index in [1.54, 1.807) is 13.8 Å². The Kier molecular flexibility index (Phi) is 7.38. The van der Waals surface area contributed by atoms with Crippen molar-refractivity contribution in [3.8, 4) is 5.75 Å². The number of sulfonamides is 1. The Hall–Kier alpha value is -2.30. The molecule has 0 fully saturated rings. The third-order valence-electron chi connectivity index (χ3n) is 4.29. The lowest BCUT2D eigenvalue weighted by Gasteiger charge is -2.19. The molecule has 1 amide bonds. The predicted octanol–water partition coefficient (Wildman–Crippen LogP) is 4.65. The molecule has 0 radical (unpaired) electrons. The number of hydrogen-bond acceptors (Lipinski definition) is 4. The van der Waals surface area contributed by atoms with E-state index in [0.717, 1.165) is 12.1 Å². The molecule has 0 aliphatic rings. The summed E-state index contributed by atoms with van der Waals surface area (Å²) in [6.45, 7) is 3.82. The van der Waals surface area contributed by atoms with Gasteiger partial charge in [-0.3, -0.25) is 4.79 Å². The van der Waals surface area contributed by atoms with Crippen LogP contribution in [-0.4, -0.2) is 38.8 Å². The second-order valence-electron chi connectivity index (χ2n) is 6.10. The Morgan fingerprint density at radius 1 is 1.13 bits per heavy atom. The summed E-state index contributed by atoms with van der Waals surface area (Å²) in [6, 6.07) is 6.66. The second kappa shape index (κ2) is 9.23. The second-order valence-corrected chi connectivity index (χ2v) is 8.44. The average Bonchev–Trinajstić information content (AvgIpc) is 2.68. The molecular formula is C19H20ClF3N2O4S. The van der Waals surface area contributed by atoms with E-state index in [9.17, 15) is 26.4 Å². The SMILES string of the molecule is CCN(CC)S(=O)(=O)c1ccc(OC)c(C(=O)Nc2ccc(Cl)c(C(F)(F)F)c2)c1. The molecule has 0 bridgehead atoms. The number of nitrogens with one attached hydrogen (secondary N) is 1. The molecule has 0 heterocycles. The van der Waals surface area contributed by atoms with Gasteiger partial charge in [0, 0.05) is 18.8 Å². The molecule has 0 spiro atoms. The summed E-state index contributed by atoms with van der Waals surface area (Å²) in [5.74, 6) is -0.769. The summed E-state index contributed by atoms with van der Waals surface area (Å²) in [4.78, 5) is 12.6. The molecule has 0 saturated heterocycles. The highest BCUT2D eigenvalue weighted by Crippen LogP contribution is 2.36. The summed E-state index contributed by atoms with van der Waals surface area (Å²) >= 11 is 5.59. The molecule has 30 heavy (non-hydrogen) atoms. The van der Waals surface area contributed by atoms with E-state index in [0.29, 0.717) is 6.07 Å². The van der Waals surface area contributed by atoms with Gasteiger partial charge < -0.3 is 10.1 Å². The standard InChI is InChI=1S/C19H20ClF3N2O4S/c1-4-25(5-2)30(27,28)13-7-9-17(29-3)14(11-13)18(26)24-12-6-8-16(20)15(10-12)19(21,22)23/h6-11H,4-5H2,1-3H3,(H,24,26). The van der Waals surface area contributed by atoms with E-state index in [1.807, 2.05) is 0 Å². The minimum Gasteiger partial charge on any atom is -0.496 e. The van der Waals surface area contributed by atoms with Gasteiger partial charge in [-0.1, -0.05) is 25.4 Å². The van der Waals surface area contributed by atoms with Crippen LogP contribution >= 0.6 is 11.6 Å². The number of ether oxygens (including phenoxy) is 1. The Morgan fingerprint density at radius 2 is 1.77 bits per heavy atom. The first-order valence-corrected chi connectivity index (χ1v) is 10.6. The van der Waals surface area contributed by atoms with Gasteiger partial charge in [-0.25, -0.2) is 8.42 Å². The van der Waals surface area contributed by atoms with Crippen LogP contribution < -0.4 is 10.1 Å². The number of alkyl halides is 3. The lowest BCUT2D eigenvalue weighted by atomic mass is 10.1. The first-order valence-electron chi connectivity index (χ1n) is 8.82. The van der Waals surface area contributed by atoms with Crippen LogP contribution in [0.1, 0.15) is 29.8 Å². The minimum absolute atomic E-state index is 0.0657. The third kappa shape index (κ3) is 5.05. The van der Waals surface area contributed by atoms with E-state index in [-0.39, 0.29) is 35.0 Å². The number of anilines is 1. The molecule has 0 aliphatic carbocycles. The Labute approximate surface area is 177 Å². The third-order valence-corrected chi connectivity index (χ3v) is 6.66. The fraction of sp³-hybridized carbons (Fsp3) is 0.316. The van der Waals surface area contributed by atoms with Gasteiger partial charge in [-0.2, -0.15) is 17.5 Å². The molecule has 0 saturated carbocycles. The lowest BCUT2D eigenvalue weighted by molar-refractivity contribution is -0.137. The van der Waals surface area contributed by atoms with Crippen molar-refractivity contribution in [1.29, 1.82) is 0 Å². The summed E-state index contributed by atoms with van der Waals surface area (Å²) in [6.07, 6.45) is -4.70. The number of nitrogens with zero attached hydrogens (tertiary/aromatic N) is 1. The number of halogens is 4. The maximum absolute atomic E-state index is 13.0. The van der Waals surface area contributed by atoms with Crippen LogP contribution in [0.15, 0.2) is 41.3 Å². The Balaban J connectivity index is 2.45. The van der Waals surface area contributed by atoms with Crippen molar-refractivity contribution >= 4 is 33.2 Å². The molecule has 2 rings (SSSR count). The van der Waals surface area contributed by atoms with Gasteiger partial charge in [0.25, 0.3) is 5.91 Å². The van der Waals surface area contributed by atoms with E-state index >= 15 is 0 Å². The zero-order valence-electron chi connectivity index (χ0n) is 16.4. The summed E-state index contributed by atoms with van der Waals surface area (Å²) in [5, 5.41) is 1.81. The minimum atomic E-state index is -4.70. The Bertz CT molecular complexity index is 1040. The number of carbonyl (C=O) groups excluding carboxylic acids is 1. The van der Waals surface area contributed by atoms with Gasteiger partial charge in [0.15, 0.2) is 0 Å². The van der Waals surface area contributed by atoms with Gasteiger partial charge in [-0.15, -0.1) is 0 Å². The van der Waals surface area contributed by atoms with Crippen molar-refractivity contribution in [2.45, 2.75) is 24.9 Å². The van der Waals surface area contributed by atoms with E-state index in [2.05, 4.69) is 5.32 Å². The normalized spacial score (nSPS) is 12.1. The molecule has 0 atom stereocenters. The zero-order chi connectivity index (χ0) is 22.7. The van der Waals surface area contributed by atoms with Crippen molar-refractivity contribution in [2.24, 2.45) is 0 Å². The lowest BCUT2D eigenvalue weighted by Crippen LogP contribution is -2.30. The summed E-state index contributed by atoms with van der Waals surface area (Å²) < 4.78 is 70.9. The van der Waals surface area contributed by atoms with Gasteiger partial charge in [0.1, 0.15) is 5.75 Å². The summed E-state index contributed by atoms with van der Waals surface area (Å²) in [5.41, 5.74) is -1.41. The number of carbonyl (C=O) groups is 1. The first kappa shape index (κ1) is 24.0. The molecule has 0 aromatic heterocycles. The predicted molar refractivity (Wildman–Crippen MR) is 108 cm³/mol. The van der Waals surface area contributed by atoms with Crippen LogP contribution in [0.5, 0.6) is 5.75 Å². The molecule has 11 heteroatoms. The maximum Gasteiger partial charge on any atom is 0.417 e. The van der Waals surface area contributed by atoms with Crippen molar-refractivity contribution in [3.63, 3.8) is 0 Å². The zero-order valence-corrected chi connectivity index (χ0v) is 18.0. The number of hydrogen-bond donors (Lipinski definition) is 1. The van der Waals surface area contributed by atoms with Gasteiger partial charge in [0.2, 0.25) is 10.0 Å². The molecule has 1 N–H and O–H groups in total. The van der Waals surface area contributed by atoms with Crippen molar-refractivity contribution < 1.29 is 31.1 Å². The van der Waals surface area contributed by atoms with Crippen LogP contribution in [-0.2, 0) is 16.2 Å². The van der Waals surface area contributed by atoms with Crippen LogP contribution in [0, 0.1) is 0 Å². The highest BCUT2D eigenvalue weighted by Gasteiger charge is 2.33. The molecule has 2 aromatic carbocycles. The first-order chi connectivity index (χ1) is 13.9. The van der Waals surface area contributed by atoms with Crippen molar-refractivity contribution in [3.05, 3.63) is 52.5 Å². The molecule has 6 nitrogen and oxygen atoms in total. The van der Waals surface area contributed by atoms with E-state index in [1.165, 1.54) is 29.6 Å². The van der Waals surface area contributed by atoms with E-state index in [4.69, 9.17) is 16.3 Å². The van der Waals surface area contributed by atoms with Gasteiger partial charge >= 0.3 is 6.18 Å². The van der Waals surface area contributed by atoms with Crippen molar-refractivity contribution in [2.75, 3.05) is 25.5 Å². The van der Waals surface area contributed by atoms with Crippen molar-refractivity contribution in [1.82, 2.24) is 4.31 Å². The van der Waals surface area contributed by atoms with Crippen LogP contribution in [0.4, 0.5) is 18.9 Å². The molecule has 0 unspecified atom stereocenters. The average molecular weight is 465 g/mol. The number of rotatable bonds is 7. The maximum atomic E-state index is 13.0. The fourth-order valence-electron chi connectivity index (χ4n) is 2.76. The smallest absolute Gasteiger partial charge is 0.417 e. The number of benzene rings is 2. The van der Waals surface area contributed by atoms with Gasteiger partial charge in [-0.05, 0) is 36.4 Å². The monoisotopic (exact) mass is 464 g/mol. The molecule has 2 aromatic rings. The van der Waals surface area contributed by atoms with Crippen LogP contribution in [0.25, 0.3) is 0 Å². The fourth-order valence-corrected chi connectivity index (χ4v) is 4.47. The molecule has 164 valence electrons. The van der Waals surface area contributed by atoms with Crippen LogP contribution in [0.2, 0.25) is 5.02 Å². The topological polar surface area (TPSA) is 75.7 Å². The molecule has 0 aliphatic heterocycles. The quantitative estimate of drug-likeness (QED) is 0.647. The Morgan fingerprint density at radius 3 is 2.30 bits per heavy atom. The highest BCUT2D eigenvalue weighted by molar-refractivity contribution is 7.89. The molecular weight excluding hydrogens is 445 g/mol. The number of methoxy groups -OCH3 is 1. The summed E-state index contributed by atoms with van der Waals surface area (Å²) in [7, 11) is -2.57. The number of amides is 1. The van der Waals surface area contributed by atoms with Crippen LogP contribution in [0.3, 0.4) is 0 Å². The van der Waals surface area contributed by atoms with Gasteiger partial charge in [0.05, 0.1) is 28.2 Å². The highest BCUT2D eigenvalue weighted by atomic mass is 35.5.